The minimum Gasteiger partial charge on any atom is -0.377 e. The van der Waals surface area contributed by atoms with Crippen LogP contribution < -0.4 is 4.90 Å². The maximum Gasteiger partial charge on any atom is 0.248 e. The lowest BCUT2D eigenvalue weighted by molar-refractivity contribution is -0.135. The summed E-state index contributed by atoms with van der Waals surface area (Å²) in [5.74, 6) is 1.34. The lowest BCUT2D eigenvalue weighted by Gasteiger charge is -2.35. The van der Waals surface area contributed by atoms with E-state index < -0.39 is 0 Å². The Labute approximate surface area is 179 Å². The lowest BCUT2D eigenvalue weighted by atomic mass is 10.2. The monoisotopic (exact) mass is 430 g/mol. The van der Waals surface area contributed by atoms with Crippen molar-refractivity contribution >= 4 is 34.4 Å². The average molecular weight is 431 g/mol. The molecular weight excluding hydrogens is 408 g/mol. The molecule has 9 nitrogen and oxygen atoms in total. The van der Waals surface area contributed by atoms with Crippen LogP contribution in [0.3, 0.4) is 0 Å². The molecule has 30 heavy (non-hydrogen) atoms. The standard InChI is InChI=1S/C20H23ClN6O3/c1-29-12-17-23-19(26-9-7-25(8-10-26)18(28)13-30-2)14-11-22-27(20(14)24-17)16-6-4-3-5-15(16)21/h3-6,11H,7-10,12-13H2,1-2H3. The molecule has 10 heteroatoms. The van der Waals surface area contributed by atoms with Gasteiger partial charge in [0.05, 0.1) is 22.3 Å². The van der Waals surface area contributed by atoms with Crippen LogP contribution in [0.25, 0.3) is 16.7 Å². The largest absolute Gasteiger partial charge is 0.377 e. The zero-order valence-electron chi connectivity index (χ0n) is 16.9. The maximum absolute atomic E-state index is 12.1. The molecule has 0 bridgehead atoms. The molecule has 0 atom stereocenters. The van der Waals surface area contributed by atoms with Gasteiger partial charge in [0.2, 0.25) is 5.91 Å². The first kappa shape index (κ1) is 20.5. The number of hydrogen-bond acceptors (Lipinski definition) is 7. The van der Waals surface area contributed by atoms with Crippen molar-refractivity contribution in [2.45, 2.75) is 6.61 Å². The van der Waals surface area contributed by atoms with Gasteiger partial charge >= 0.3 is 0 Å². The highest BCUT2D eigenvalue weighted by atomic mass is 35.5. The summed E-state index contributed by atoms with van der Waals surface area (Å²) in [7, 11) is 3.14. The number of para-hydroxylation sites is 1. The fourth-order valence-electron chi connectivity index (χ4n) is 3.55. The molecule has 0 N–H and O–H groups in total. The lowest BCUT2D eigenvalue weighted by Crippen LogP contribution is -2.50. The third-order valence-electron chi connectivity index (χ3n) is 5.01. The summed E-state index contributed by atoms with van der Waals surface area (Å²) >= 11 is 6.39. The van der Waals surface area contributed by atoms with Crippen LogP contribution in [0.15, 0.2) is 30.5 Å². The number of hydrogen-bond donors (Lipinski definition) is 0. The van der Waals surface area contributed by atoms with Gasteiger partial charge in [-0.3, -0.25) is 4.79 Å². The van der Waals surface area contributed by atoms with E-state index in [1.54, 1.807) is 18.0 Å². The summed E-state index contributed by atoms with van der Waals surface area (Å²) in [4.78, 5) is 25.4. The van der Waals surface area contributed by atoms with Crippen LogP contribution in [0.1, 0.15) is 5.82 Å². The second kappa shape index (κ2) is 8.95. The van der Waals surface area contributed by atoms with Crippen molar-refractivity contribution in [1.29, 1.82) is 0 Å². The summed E-state index contributed by atoms with van der Waals surface area (Å²) in [5.41, 5.74) is 1.41. The van der Waals surface area contributed by atoms with E-state index in [9.17, 15) is 4.79 Å². The van der Waals surface area contributed by atoms with E-state index in [-0.39, 0.29) is 19.1 Å². The Hall–Kier alpha value is -2.75. The minimum absolute atomic E-state index is 0.00315. The third kappa shape index (κ3) is 3.96. The van der Waals surface area contributed by atoms with Crippen molar-refractivity contribution in [1.82, 2.24) is 24.6 Å². The molecule has 1 amide bonds. The number of methoxy groups -OCH3 is 2. The summed E-state index contributed by atoms with van der Waals surface area (Å²) in [6.07, 6.45) is 1.76. The molecule has 1 fully saturated rings. The van der Waals surface area contributed by atoms with Crippen LogP contribution in [0, 0.1) is 0 Å². The van der Waals surface area contributed by atoms with E-state index in [2.05, 4.69) is 15.0 Å². The van der Waals surface area contributed by atoms with Gasteiger partial charge < -0.3 is 19.3 Å². The highest BCUT2D eigenvalue weighted by Crippen LogP contribution is 2.29. The Bertz CT molecular complexity index is 1050. The summed E-state index contributed by atoms with van der Waals surface area (Å²) < 4.78 is 12.0. The van der Waals surface area contributed by atoms with E-state index in [4.69, 9.17) is 26.1 Å². The Balaban J connectivity index is 1.70. The molecule has 0 radical (unpaired) electrons. The van der Waals surface area contributed by atoms with Gasteiger partial charge in [0, 0.05) is 40.4 Å². The normalized spacial score (nSPS) is 14.5. The van der Waals surface area contributed by atoms with Crippen molar-refractivity contribution in [3.63, 3.8) is 0 Å². The van der Waals surface area contributed by atoms with Gasteiger partial charge in [-0.05, 0) is 12.1 Å². The molecule has 0 unspecified atom stereocenters. The van der Waals surface area contributed by atoms with Crippen molar-refractivity contribution in [3.8, 4) is 5.69 Å². The molecule has 1 aliphatic heterocycles. The fourth-order valence-corrected chi connectivity index (χ4v) is 3.77. The van der Waals surface area contributed by atoms with Gasteiger partial charge in [-0.25, -0.2) is 14.6 Å². The number of anilines is 1. The van der Waals surface area contributed by atoms with Gasteiger partial charge in [0.1, 0.15) is 19.0 Å². The fraction of sp³-hybridized carbons (Fsp3) is 0.400. The van der Waals surface area contributed by atoms with Crippen LogP contribution in [0.4, 0.5) is 5.82 Å². The zero-order chi connectivity index (χ0) is 21.1. The van der Waals surface area contributed by atoms with Crippen LogP contribution in [0.5, 0.6) is 0 Å². The van der Waals surface area contributed by atoms with Crippen molar-refractivity contribution < 1.29 is 14.3 Å². The number of nitrogens with zero attached hydrogens (tertiary/aromatic N) is 6. The number of carbonyl (C=O) groups excluding carboxylic acids is 1. The number of piperazine rings is 1. The van der Waals surface area contributed by atoms with Crippen LogP contribution in [0.2, 0.25) is 5.02 Å². The molecule has 1 aromatic carbocycles. The quantitative estimate of drug-likeness (QED) is 0.590. The number of carbonyl (C=O) groups is 1. The van der Waals surface area contributed by atoms with Gasteiger partial charge in [0.25, 0.3) is 0 Å². The van der Waals surface area contributed by atoms with E-state index in [0.717, 1.165) is 16.9 Å². The van der Waals surface area contributed by atoms with E-state index in [1.807, 2.05) is 29.2 Å². The molecule has 0 aliphatic carbocycles. The molecule has 0 saturated carbocycles. The van der Waals surface area contributed by atoms with Crippen molar-refractivity contribution in [3.05, 3.63) is 41.3 Å². The Morgan fingerprint density at radius 3 is 2.57 bits per heavy atom. The Morgan fingerprint density at radius 2 is 1.87 bits per heavy atom. The number of benzene rings is 1. The molecule has 1 saturated heterocycles. The van der Waals surface area contributed by atoms with E-state index in [1.165, 1.54) is 7.11 Å². The van der Waals surface area contributed by atoms with Crippen molar-refractivity contribution in [2.75, 3.05) is 51.9 Å². The Kier molecular flexibility index (Phi) is 6.12. The highest BCUT2D eigenvalue weighted by molar-refractivity contribution is 6.32. The van der Waals surface area contributed by atoms with E-state index >= 15 is 0 Å². The highest BCUT2D eigenvalue weighted by Gasteiger charge is 2.25. The first-order valence-corrected chi connectivity index (χ1v) is 10.0. The molecule has 3 heterocycles. The zero-order valence-corrected chi connectivity index (χ0v) is 17.7. The summed E-state index contributed by atoms with van der Waals surface area (Å²) in [6.45, 7) is 2.90. The number of rotatable bonds is 6. The topological polar surface area (TPSA) is 85.6 Å². The van der Waals surface area contributed by atoms with Gasteiger partial charge in [-0.15, -0.1) is 0 Å². The van der Waals surface area contributed by atoms with Crippen LogP contribution in [-0.2, 0) is 20.9 Å². The van der Waals surface area contributed by atoms with Gasteiger partial charge in [0.15, 0.2) is 11.5 Å². The summed E-state index contributed by atoms with van der Waals surface area (Å²) in [5, 5.41) is 5.94. The first-order chi connectivity index (χ1) is 14.6. The average Bonchev–Trinajstić information content (AvgIpc) is 3.18. The van der Waals surface area contributed by atoms with Crippen LogP contribution >= 0.6 is 11.6 Å². The number of halogens is 1. The molecular formula is C20H23ClN6O3. The second-order valence-electron chi connectivity index (χ2n) is 6.94. The number of amides is 1. The van der Waals surface area contributed by atoms with Crippen molar-refractivity contribution in [2.24, 2.45) is 0 Å². The molecule has 1 aliphatic rings. The third-order valence-corrected chi connectivity index (χ3v) is 5.33. The second-order valence-corrected chi connectivity index (χ2v) is 7.35. The Morgan fingerprint density at radius 1 is 1.10 bits per heavy atom. The predicted octanol–water partition coefficient (Wildman–Crippen LogP) is 1.91. The molecule has 4 rings (SSSR count). The number of aromatic nitrogens is 4. The van der Waals surface area contributed by atoms with Gasteiger partial charge in [-0.2, -0.15) is 5.10 Å². The molecule has 3 aromatic rings. The predicted molar refractivity (Wildman–Crippen MR) is 113 cm³/mol. The molecule has 158 valence electrons. The van der Waals surface area contributed by atoms with E-state index in [0.29, 0.717) is 42.7 Å². The van der Waals surface area contributed by atoms with Crippen LogP contribution in [-0.4, -0.2) is 77.6 Å². The first-order valence-electron chi connectivity index (χ1n) is 9.62. The smallest absolute Gasteiger partial charge is 0.248 e. The van der Waals surface area contributed by atoms with Gasteiger partial charge in [-0.1, -0.05) is 23.7 Å². The SMILES string of the molecule is COCC(=O)N1CCN(c2nc(COC)nc3c2cnn3-c2ccccc2Cl)CC1. The minimum atomic E-state index is -0.00315. The number of ether oxygens (including phenoxy) is 2. The molecule has 2 aromatic heterocycles. The maximum atomic E-state index is 12.1. The molecule has 0 spiro atoms. The summed E-state index contributed by atoms with van der Waals surface area (Å²) in [6, 6.07) is 7.49. The number of fused-ring (bicyclic) bond motifs is 1.